The second-order valence-electron chi connectivity index (χ2n) is 4.28. The Morgan fingerprint density at radius 2 is 2.22 bits per heavy atom. The fraction of sp³-hybridized carbons (Fsp3) is 0.231. The van der Waals surface area contributed by atoms with Crippen LogP contribution in [-0.4, -0.2) is 14.7 Å². The van der Waals surface area contributed by atoms with E-state index in [4.69, 9.17) is 0 Å². The van der Waals surface area contributed by atoms with Gasteiger partial charge >= 0.3 is 0 Å². The zero-order valence-corrected chi connectivity index (χ0v) is 10.4. The molecule has 4 nitrogen and oxygen atoms in total. The van der Waals surface area contributed by atoms with E-state index < -0.39 is 0 Å². The lowest BCUT2D eigenvalue weighted by Crippen LogP contribution is -2.20. The summed E-state index contributed by atoms with van der Waals surface area (Å²) >= 11 is 1.28. The minimum absolute atomic E-state index is 0.0478. The van der Waals surface area contributed by atoms with Gasteiger partial charge in [-0.1, -0.05) is 17.8 Å². The molecule has 1 saturated carbocycles. The number of hydrogen-bond acceptors (Lipinski definition) is 4. The third kappa shape index (κ3) is 2.26. The van der Waals surface area contributed by atoms with Gasteiger partial charge in [0, 0.05) is 23.3 Å². The number of phenols is 1. The molecule has 2 aromatic rings. The zero-order chi connectivity index (χ0) is 12.5. The molecule has 1 fully saturated rings. The van der Waals surface area contributed by atoms with Crippen molar-refractivity contribution in [3.05, 3.63) is 47.0 Å². The molecule has 1 aliphatic carbocycles. The zero-order valence-electron chi connectivity index (χ0n) is 9.61. The van der Waals surface area contributed by atoms with Crippen LogP contribution in [0.5, 0.6) is 5.75 Å². The molecule has 0 unspecified atom stereocenters. The summed E-state index contributed by atoms with van der Waals surface area (Å²) in [7, 11) is 0. The van der Waals surface area contributed by atoms with Crippen molar-refractivity contribution in [2.45, 2.75) is 28.8 Å². The highest BCUT2D eigenvalue weighted by atomic mass is 32.2. The minimum Gasteiger partial charge on any atom is -0.508 e. The van der Waals surface area contributed by atoms with Crippen LogP contribution in [0.2, 0.25) is 0 Å². The first kappa shape index (κ1) is 11.3. The number of hydrogen-bond donors (Lipinski definition) is 1. The van der Waals surface area contributed by atoms with Crippen LogP contribution in [0.1, 0.15) is 18.9 Å². The number of phenolic OH excluding ortho intramolecular Hbond substituents is 1. The van der Waals surface area contributed by atoms with Gasteiger partial charge in [0.05, 0.1) is 0 Å². The maximum absolute atomic E-state index is 12.2. The Hall–Kier alpha value is -1.75. The number of rotatable bonds is 3. The Bertz CT molecular complexity index is 635. The number of aromatic nitrogens is 2. The van der Waals surface area contributed by atoms with Crippen molar-refractivity contribution in [2.75, 3.05) is 0 Å². The van der Waals surface area contributed by atoms with E-state index in [2.05, 4.69) is 4.98 Å². The second kappa shape index (κ2) is 4.49. The first-order chi connectivity index (χ1) is 8.74. The molecular formula is C13H12N2O2S. The van der Waals surface area contributed by atoms with Crippen LogP contribution in [0, 0.1) is 0 Å². The van der Waals surface area contributed by atoms with Gasteiger partial charge in [0.15, 0.2) is 5.03 Å². The fourth-order valence-electron chi connectivity index (χ4n) is 1.78. The van der Waals surface area contributed by atoms with E-state index in [1.165, 1.54) is 11.8 Å². The van der Waals surface area contributed by atoms with Crippen LogP contribution in [0.4, 0.5) is 0 Å². The molecule has 1 aromatic carbocycles. The average molecular weight is 260 g/mol. The number of aromatic hydroxyl groups is 1. The van der Waals surface area contributed by atoms with Crippen LogP contribution in [0.3, 0.4) is 0 Å². The smallest absolute Gasteiger partial charge is 0.283 e. The SMILES string of the molecule is O=c1c(Sc2cccc(O)c2)nccn1C1CC1. The molecule has 0 spiro atoms. The summed E-state index contributed by atoms with van der Waals surface area (Å²) in [6.07, 6.45) is 5.54. The molecule has 0 amide bonds. The minimum atomic E-state index is -0.0478. The van der Waals surface area contributed by atoms with E-state index in [0.717, 1.165) is 17.7 Å². The Balaban J connectivity index is 1.93. The van der Waals surface area contributed by atoms with Gasteiger partial charge in [-0.05, 0) is 31.0 Å². The molecule has 5 heteroatoms. The summed E-state index contributed by atoms with van der Waals surface area (Å²) < 4.78 is 1.75. The van der Waals surface area contributed by atoms with Gasteiger partial charge in [-0.25, -0.2) is 4.98 Å². The van der Waals surface area contributed by atoms with Gasteiger partial charge < -0.3 is 9.67 Å². The van der Waals surface area contributed by atoms with Crippen LogP contribution >= 0.6 is 11.8 Å². The highest BCUT2D eigenvalue weighted by Gasteiger charge is 2.25. The van der Waals surface area contributed by atoms with E-state index in [0.29, 0.717) is 11.1 Å². The third-order valence-corrected chi connectivity index (χ3v) is 3.77. The third-order valence-electron chi connectivity index (χ3n) is 2.81. The van der Waals surface area contributed by atoms with Crippen LogP contribution < -0.4 is 5.56 Å². The quantitative estimate of drug-likeness (QED) is 0.921. The lowest BCUT2D eigenvalue weighted by Gasteiger charge is -2.05. The summed E-state index contributed by atoms with van der Waals surface area (Å²) in [5.41, 5.74) is -0.0478. The maximum atomic E-state index is 12.2. The molecule has 1 heterocycles. The van der Waals surface area contributed by atoms with Crippen molar-refractivity contribution in [1.29, 1.82) is 0 Å². The van der Waals surface area contributed by atoms with Crippen molar-refractivity contribution in [3.63, 3.8) is 0 Å². The molecule has 3 rings (SSSR count). The van der Waals surface area contributed by atoms with E-state index >= 15 is 0 Å². The van der Waals surface area contributed by atoms with Crippen molar-refractivity contribution in [1.82, 2.24) is 9.55 Å². The number of benzene rings is 1. The topological polar surface area (TPSA) is 55.1 Å². The molecule has 92 valence electrons. The van der Waals surface area contributed by atoms with Gasteiger partial charge in [-0.2, -0.15) is 0 Å². The molecule has 0 bridgehead atoms. The molecule has 0 saturated heterocycles. The van der Waals surface area contributed by atoms with E-state index in [9.17, 15) is 9.90 Å². The Kier molecular flexibility index (Phi) is 2.83. The lowest BCUT2D eigenvalue weighted by molar-refractivity contribution is 0.474. The predicted molar refractivity (Wildman–Crippen MR) is 69.0 cm³/mol. The summed E-state index contributed by atoms with van der Waals surface area (Å²) in [5, 5.41) is 9.85. The molecule has 18 heavy (non-hydrogen) atoms. The van der Waals surface area contributed by atoms with Crippen LogP contribution in [0.15, 0.2) is 51.4 Å². The van der Waals surface area contributed by atoms with Gasteiger partial charge in [0.1, 0.15) is 5.75 Å². The van der Waals surface area contributed by atoms with Crippen LogP contribution in [0.25, 0.3) is 0 Å². The highest BCUT2D eigenvalue weighted by molar-refractivity contribution is 7.99. The summed E-state index contributed by atoms with van der Waals surface area (Å²) in [5.74, 6) is 0.193. The fourth-order valence-corrected chi connectivity index (χ4v) is 2.63. The summed E-state index contributed by atoms with van der Waals surface area (Å²) in [6, 6.07) is 7.18. The van der Waals surface area contributed by atoms with Crippen LogP contribution in [-0.2, 0) is 0 Å². The van der Waals surface area contributed by atoms with E-state index in [-0.39, 0.29) is 11.3 Å². The summed E-state index contributed by atoms with van der Waals surface area (Å²) in [6.45, 7) is 0. The monoisotopic (exact) mass is 260 g/mol. The van der Waals surface area contributed by atoms with E-state index in [1.54, 1.807) is 35.2 Å². The molecular weight excluding hydrogens is 248 g/mol. The molecule has 0 atom stereocenters. The summed E-state index contributed by atoms with van der Waals surface area (Å²) in [4.78, 5) is 17.1. The number of nitrogens with zero attached hydrogens (tertiary/aromatic N) is 2. The standard InChI is InChI=1S/C13H12N2O2S/c16-10-2-1-3-11(8-10)18-12-13(17)15(7-6-14-12)9-4-5-9/h1-3,6-9,16H,4-5H2. The van der Waals surface area contributed by atoms with Crippen molar-refractivity contribution < 1.29 is 5.11 Å². The molecule has 0 aliphatic heterocycles. The lowest BCUT2D eigenvalue weighted by atomic mass is 10.3. The van der Waals surface area contributed by atoms with Crippen molar-refractivity contribution in [2.24, 2.45) is 0 Å². The first-order valence-corrected chi connectivity index (χ1v) is 6.60. The second-order valence-corrected chi connectivity index (χ2v) is 5.34. The molecule has 1 N–H and O–H groups in total. The molecule has 1 aliphatic rings. The largest absolute Gasteiger partial charge is 0.508 e. The molecule has 0 radical (unpaired) electrons. The van der Waals surface area contributed by atoms with Gasteiger partial charge in [0.25, 0.3) is 5.56 Å². The van der Waals surface area contributed by atoms with Gasteiger partial charge in [0.2, 0.25) is 0 Å². The van der Waals surface area contributed by atoms with Crippen molar-refractivity contribution in [3.8, 4) is 5.75 Å². The predicted octanol–water partition coefficient (Wildman–Crippen LogP) is 2.43. The van der Waals surface area contributed by atoms with Gasteiger partial charge in [-0.15, -0.1) is 0 Å². The Morgan fingerprint density at radius 1 is 1.39 bits per heavy atom. The Morgan fingerprint density at radius 3 is 2.94 bits per heavy atom. The average Bonchev–Trinajstić information content (AvgIpc) is 3.16. The Labute approximate surface area is 108 Å². The highest BCUT2D eigenvalue weighted by Crippen LogP contribution is 2.34. The first-order valence-electron chi connectivity index (χ1n) is 5.78. The maximum Gasteiger partial charge on any atom is 0.283 e. The van der Waals surface area contributed by atoms with Crippen molar-refractivity contribution >= 4 is 11.8 Å². The van der Waals surface area contributed by atoms with Gasteiger partial charge in [-0.3, -0.25) is 4.79 Å². The van der Waals surface area contributed by atoms with E-state index in [1.807, 2.05) is 6.07 Å². The molecule has 1 aromatic heterocycles. The normalized spacial score (nSPS) is 14.7.